The van der Waals surface area contributed by atoms with Gasteiger partial charge in [0.1, 0.15) is 5.66 Å². The number of hydrogen-bond acceptors (Lipinski definition) is 4. The highest BCUT2D eigenvalue weighted by Gasteiger charge is 2.32. The highest BCUT2D eigenvalue weighted by Crippen LogP contribution is 2.16. The minimum atomic E-state index is -0.630. The number of thioether (sulfide) groups is 1. The average Bonchev–Trinajstić information content (AvgIpc) is 2.26. The fourth-order valence-electron chi connectivity index (χ4n) is 1.78. The number of amides is 1. The van der Waals surface area contributed by atoms with Gasteiger partial charge in [-0.3, -0.25) is 4.79 Å². The summed E-state index contributed by atoms with van der Waals surface area (Å²) < 4.78 is 0. The summed E-state index contributed by atoms with van der Waals surface area (Å²) in [5.74, 6) is 0.889. The van der Waals surface area contributed by atoms with Crippen LogP contribution in [0.1, 0.15) is 32.6 Å². The maximum Gasteiger partial charge on any atom is 0.208 e. The number of carbonyl (C=O) groups is 1. The standard InChI is InChI=1S/C11H25N3OS/c1-4-5-6-7-11(12,14-9-15)10(13-2)8-16-3/h9-10,13H,4-8,12H2,1-3H3,(H,14,15)/t10-,11+/m0/s1. The summed E-state index contributed by atoms with van der Waals surface area (Å²) in [6, 6.07) is 0.101. The lowest BCUT2D eigenvalue weighted by Gasteiger charge is -2.36. The van der Waals surface area contributed by atoms with E-state index in [-0.39, 0.29) is 6.04 Å². The number of unbranched alkanes of at least 4 members (excludes halogenated alkanes) is 2. The lowest BCUT2D eigenvalue weighted by Crippen LogP contribution is -2.66. The molecule has 5 heteroatoms. The molecule has 0 aromatic heterocycles. The summed E-state index contributed by atoms with van der Waals surface area (Å²) in [5.41, 5.74) is 5.64. The molecule has 1 amide bonds. The van der Waals surface area contributed by atoms with Crippen LogP contribution < -0.4 is 16.4 Å². The second-order valence-corrected chi connectivity index (χ2v) is 4.97. The van der Waals surface area contributed by atoms with E-state index in [4.69, 9.17) is 5.73 Å². The molecule has 0 rings (SSSR count). The van der Waals surface area contributed by atoms with Crippen molar-refractivity contribution in [3.05, 3.63) is 0 Å². The van der Waals surface area contributed by atoms with Crippen molar-refractivity contribution in [2.45, 2.75) is 44.3 Å². The predicted molar refractivity (Wildman–Crippen MR) is 71.5 cm³/mol. The molecule has 0 bridgehead atoms. The van der Waals surface area contributed by atoms with Crippen LogP contribution in [0.4, 0.5) is 0 Å². The van der Waals surface area contributed by atoms with Crippen molar-refractivity contribution in [1.82, 2.24) is 10.6 Å². The Morgan fingerprint density at radius 2 is 2.19 bits per heavy atom. The van der Waals surface area contributed by atoms with Crippen LogP contribution in [0.25, 0.3) is 0 Å². The van der Waals surface area contributed by atoms with Gasteiger partial charge >= 0.3 is 0 Å². The minimum Gasteiger partial charge on any atom is -0.339 e. The monoisotopic (exact) mass is 247 g/mol. The third-order valence-corrected chi connectivity index (χ3v) is 3.49. The van der Waals surface area contributed by atoms with Gasteiger partial charge in [-0.1, -0.05) is 19.8 Å². The Kier molecular flexibility index (Phi) is 8.70. The maximum atomic E-state index is 10.7. The first-order valence-electron chi connectivity index (χ1n) is 5.81. The van der Waals surface area contributed by atoms with Gasteiger partial charge in [0.15, 0.2) is 0 Å². The minimum absolute atomic E-state index is 0.101. The number of hydrogen-bond donors (Lipinski definition) is 3. The molecule has 0 aliphatic heterocycles. The Labute approximate surface area is 103 Å². The molecule has 0 unspecified atom stereocenters. The van der Waals surface area contributed by atoms with E-state index < -0.39 is 5.66 Å². The summed E-state index contributed by atoms with van der Waals surface area (Å²) in [6.07, 6.45) is 6.90. The molecule has 0 saturated heterocycles. The van der Waals surface area contributed by atoms with Crippen LogP contribution in [0.2, 0.25) is 0 Å². The summed E-state index contributed by atoms with van der Waals surface area (Å²) in [4.78, 5) is 10.7. The molecule has 0 spiro atoms. The van der Waals surface area contributed by atoms with E-state index in [2.05, 4.69) is 17.6 Å². The molecule has 96 valence electrons. The third kappa shape index (κ3) is 5.18. The van der Waals surface area contributed by atoms with E-state index in [0.29, 0.717) is 6.41 Å². The van der Waals surface area contributed by atoms with Crippen molar-refractivity contribution < 1.29 is 4.79 Å². The van der Waals surface area contributed by atoms with Crippen LogP contribution in [0.3, 0.4) is 0 Å². The molecule has 0 saturated carbocycles. The molecule has 0 aliphatic rings. The van der Waals surface area contributed by atoms with Crippen LogP contribution in [-0.4, -0.2) is 37.2 Å². The van der Waals surface area contributed by atoms with Gasteiger partial charge in [0.05, 0.1) is 6.04 Å². The molecule has 4 nitrogen and oxygen atoms in total. The largest absolute Gasteiger partial charge is 0.339 e. The predicted octanol–water partition coefficient (Wildman–Crippen LogP) is 0.919. The van der Waals surface area contributed by atoms with Crippen LogP contribution in [-0.2, 0) is 4.79 Å². The Balaban J connectivity index is 4.42. The molecule has 4 N–H and O–H groups in total. The number of rotatable bonds is 10. The summed E-state index contributed by atoms with van der Waals surface area (Å²) >= 11 is 1.73. The number of carbonyl (C=O) groups excluding carboxylic acids is 1. The Morgan fingerprint density at radius 1 is 1.50 bits per heavy atom. The van der Waals surface area contributed by atoms with Gasteiger partial charge in [0.25, 0.3) is 0 Å². The molecule has 0 aromatic carbocycles. The first-order chi connectivity index (χ1) is 7.64. The Hall–Kier alpha value is -0.260. The maximum absolute atomic E-state index is 10.7. The Morgan fingerprint density at radius 3 is 2.62 bits per heavy atom. The molecular weight excluding hydrogens is 222 g/mol. The molecular formula is C11H25N3OS. The van der Waals surface area contributed by atoms with Gasteiger partial charge in [0.2, 0.25) is 6.41 Å². The quantitative estimate of drug-likeness (QED) is 0.305. The molecule has 0 radical (unpaired) electrons. The summed E-state index contributed by atoms with van der Waals surface area (Å²) in [7, 11) is 1.88. The fraction of sp³-hybridized carbons (Fsp3) is 0.909. The van der Waals surface area contributed by atoms with Gasteiger partial charge < -0.3 is 16.4 Å². The topological polar surface area (TPSA) is 67.1 Å². The van der Waals surface area contributed by atoms with Gasteiger partial charge in [-0.25, -0.2) is 0 Å². The first kappa shape index (κ1) is 15.7. The SMILES string of the molecule is CCCCC[C@@](N)(NC=O)[C@H](CSC)NC. The van der Waals surface area contributed by atoms with E-state index in [1.807, 2.05) is 13.3 Å². The van der Waals surface area contributed by atoms with Crippen LogP contribution in [0, 0.1) is 0 Å². The molecule has 16 heavy (non-hydrogen) atoms. The second-order valence-electron chi connectivity index (χ2n) is 4.06. The van der Waals surface area contributed by atoms with Crippen molar-refractivity contribution >= 4 is 18.2 Å². The normalized spacial score (nSPS) is 16.5. The smallest absolute Gasteiger partial charge is 0.208 e. The van der Waals surface area contributed by atoms with Crippen molar-refractivity contribution in [2.24, 2.45) is 5.73 Å². The zero-order valence-corrected chi connectivity index (χ0v) is 11.4. The van der Waals surface area contributed by atoms with Gasteiger partial charge in [-0.15, -0.1) is 0 Å². The second kappa shape index (κ2) is 8.84. The summed E-state index contributed by atoms with van der Waals surface area (Å²) in [6.45, 7) is 2.16. The highest BCUT2D eigenvalue weighted by molar-refractivity contribution is 7.98. The first-order valence-corrected chi connectivity index (χ1v) is 7.20. The van der Waals surface area contributed by atoms with Crippen molar-refractivity contribution in [3.63, 3.8) is 0 Å². The Bertz CT molecular complexity index is 192. The highest BCUT2D eigenvalue weighted by atomic mass is 32.2. The van der Waals surface area contributed by atoms with Gasteiger partial charge in [-0.05, 0) is 26.1 Å². The van der Waals surface area contributed by atoms with Gasteiger partial charge in [-0.2, -0.15) is 11.8 Å². The lowest BCUT2D eigenvalue weighted by molar-refractivity contribution is -0.111. The summed E-state index contributed by atoms with van der Waals surface area (Å²) in [5, 5.41) is 5.96. The van der Waals surface area contributed by atoms with E-state index in [1.165, 1.54) is 0 Å². The molecule has 0 aromatic rings. The van der Waals surface area contributed by atoms with Gasteiger partial charge in [0, 0.05) is 5.75 Å². The number of nitrogens with two attached hydrogens (primary N) is 1. The third-order valence-electron chi connectivity index (χ3n) is 2.83. The number of nitrogens with one attached hydrogen (secondary N) is 2. The lowest BCUT2D eigenvalue weighted by atomic mass is 9.95. The zero-order chi connectivity index (χ0) is 12.4. The van der Waals surface area contributed by atoms with E-state index in [9.17, 15) is 4.79 Å². The van der Waals surface area contributed by atoms with Crippen LogP contribution >= 0.6 is 11.8 Å². The van der Waals surface area contributed by atoms with Crippen molar-refractivity contribution in [3.8, 4) is 0 Å². The molecule has 0 heterocycles. The van der Waals surface area contributed by atoms with E-state index in [1.54, 1.807) is 11.8 Å². The number of likely N-dealkylation sites (N-methyl/N-ethyl adjacent to an activating group) is 1. The zero-order valence-electron chi connectivity index (χ0n) is 10.6. The molecule has 0 fully saturated rings. The molecule has 0 aliphatic carbocycles. The average molecular weight is 247 g/mol. The van der Waals surface area contributed by atoms with Crippen molar-refractivity contribution in [1.29, 1.82) is 0 Å². The molecule has 2 atom stereocenters. The van der Waals surface area contributed by atoms with E-state index in [0.717, 1.165) is 31.4 Å². The van der Waals surface area contributed by atoms with Crippen LogP contribution in [0.5, 0.6) is 0 Å². The van der Waals surface area contributed by atoms with Crippen LogP contribution in [0.15, 0.2) is 0 Å². The van der Waals surface area contributed by atoms with Crippen molar-refractivity contribution in [2.75, 3.05) is 19.1 Å². The fourth-order valence-corrected chi connectivity index (χ4v) is 2.58. The van der Waals surface area contributed by atoms with E-state index >= 15 is 0 Å².